The van der Waals surface area contributed by atoms with E-state index in [1.807, 2.05) is 12.3 Å². The zero-order chi connectivity index (χ0) is 13.9. The Bertz CT molecular complexity index is 562. The molecule has 0 spiro atoms. The van der Waals surface area contributed by atoms with Crippen molar-refractivity contribution in [2.24, 2.45) is 11.7 Å². The van der Waals surface area contributed by atoms with Crippen LogP contribution in [0.5, 0.6) is 0 Å². The Balaban J connectivity index is 1.76. The van der Waals surface area contributed by atoms with Crippen molar-refractivity contribution in [2.75, 3.05) is 13.1 Å². The zero-order valence-corrected chi connectivity index (χ0v) is 12.2. The summed E-state index contributed by atoms with van der Waals surface area (Å²) in [6, 6.07) is 4.67. The Hall–Kier alpha value is -1.39. The van der Waals surface area contributed by atoms with E-state index >= 15 is 0 Å². The predicted molar refractivity (Wildman–Crippen MR) is 82.4 cm³/mol. The highest BCUT2D eigenvalue weighted by molar-refractivity contribution is 5.79. The summed E-state index contributed by atoms with van der Waals surface area (Å²) in [5.74, 6) is 0.851. The number of rotatable bonds is 4. The lowest BCUT2D eigenvalue weighted by molar-refractivity contribution is 0.108. The van der Waals surface area contributed by atoms with E-state index < -0.39 is 0 Å². The van der Waals surface area contributed by atoms with Gasteiger partial charge in [-0.2, -0.15) is 0 Å². The molecule has 0 saturated carbocycles. The lowest BCUT2D eigenvalue weighted by Crippen LogP contribution is -2.45. The molecule has 3 heterocycles. The van der Waals surface area contributed by atoms with Crippen LogP contribution in [0.1, 0.15) is 31.7 Å². The number of nitrogens with zero attached hydrogens (tertiary/aromatic N) is 2. The van der Waals surface area contributed by atoms with E-state index in [0.717, 1.165) is 31.2 Å². The van der Waals surface area contributed by atoms with E-state index in [1.165, 1.54) is 30.2 Å². The molecule has 20 heavy (non-hydrogen) atoms. The molecule has 0 amide bonds. The molecule has 0 radical (unpaired) electrons. The normalized spacial score (nSPS) is 24.3. The predicted octanol–water partition coefficient (Wildman–Crippen LogP) is 2.51. The van der Waals surface area contributed by atoms with Crippen LogP contribution in [0.4, 0.5) is 0 Å². The molecule has 4 heteroatoms. The number of likely N-dealkylation sites (tertiary alicyclic amines) is 1. The number of aromatic amines is 1. The number of pyridine rings is 1. The first-order valence-corrected chi connectivity index (χ1v) is 7.67. The lowest BCUT2D eigenvalue weighted by atomic mass is 9.88. The second-order valence-electron chi connectivity index (χ2n) is 5.87. The quantitative estimate of drug-likeness (QED) is 0.899. The van der Waals surface area contributed by atoms with Crippen molar-refractivity contribution >= 4 is 11.0 Å². The summed E-state index contributed by atoms with van der Waals surface area (Å²) in [5, 5.41) is 1.24. The van der Waals surface area contributed by atoms with E-state index in [2.05, 4.69) is 34.1 Å². The van der Waals surface area contributed by atoms with Crippen molar-refractivity contribution < 1.29 is 0 Å². The Morgan fingerprint density at radius 1 is 1.50 bits per heavy atom. The highest BCUT2D eigenvalue weighted by atomic mass is 15.2. The smallest absolute Gasteiger partial charge is 0.137 e. The van der Waals surface area contributed by atoms with Gasteiger partial charge in [0.25, 0.3) is 0 Å². The van der Waals surface area contributed by atoms with Gasteiger partial charge in [-0.25, -0.2) is 4.98 Å². The highest BCUT2D eigenvalue weighted by Crippen LogP contribution is 2.27. The number of nitrogens with one attached hydrogen (secondary N) is 1. The molecular formula is C16H24N4. The number of fused-ring (bicyclic) bond motifs is 1. The molecule has 4 nitrogen and oxygen atoms in total. The van der Waals surface area contributed by atoms with Gasteiger partial charge < -0.3 is 10.7 Å². The first-order chi connectivity index (χ1) is 9.81. The summed E-state index contributed by atoms with van der Waals surface area (Å²) in [6.45, 7) is 5.19. The Morgan fingerprint density at radius 2 is 2.40 bits per heavy atom. The molecular weight excluding hydrogens is 248 g/mol. The van der Waals surface area contributed by atoms with Crippen LogP contribution in [0.2, 0.25) is 0 Å². The largest absolute Gasteiger partial charge is 0.346 e. The molecule has 2 aromatic heterocycles. The number of hydrogen-bond donors (Lipinski definition) is 2. The van der Waals surface area contributed by atoms with E-state index in [-0.39, 0.29) is 0 Å². The average molecular weight is 272 g/mol. The van der Waals surface area contributed by atoms with Crippen LogP contribution in [-0.2, 0) is 6.54 Å². The van der Waals surface area contributed by atoms with Gasteiger partial charge in [0.15, 0.2) is 0 Å². The third-order valence-corrected chi connectivity index (χ3v) is 4.71. The molecule has 0 aromatic carbocycles. The molecule has 3 rings (SSSR count). The van der Waals surface area contributed by atoms with Gasteiger partial charge in [-0.1, -0.05) is 13.3 Å². The number of aromatic nitrogens is 2. The maximum absolute atomic E-state index is 5.99. The minimum Gasteiger partial charge on any atom is -0.346 e. The van der Waals surface area contributed by atoms with Crippen LogP contribution in [0.15, 0.2) is 24.5 Å². The SMILES string of the molecule is CCC1CCN(Cc2c[nH]c3ncccc23)C(CN)C1. The van der Waals surface area contributed by atoms with Crippen LogP contribution in [-0.4, -0.2) is 34.0 Å². The fraction of sp³-hybridized carbons (Fsp3) is 0.562. The minimum absolute atomic E-state index is 0.523. The average Bonchev–Trinajstić information content (AvgIpc) is 2.91. The molecule has 2 unspecified atom stereocenters. The van der Waals surface area contributed by atoms with E-state index in [0.29, 0.717) is 6.04 Å². The third kappa shape index (κ3) is 2.58. The molecule has 1 saturated heterocycles. The van der Waals surface area contributed by atoms with Crippen molar-refractivity contribution in [3.05, 3.63) is 30.1 Å². The van der Waals surface area contributed by atoms with E-state index in [1.54, 1.807) is 0 Å². The summed E-state index contributed by atoms with van der Waals surface area (Å²) >= 11 is 0. The summed E-state index contributed by atoms with van der Waals surface area (Å²) in [6.07, 6.45) is 7.75. The topological polar surface area (TPSA) is 57.9 Å². The molecule has 1 fully saturated rings. The van der Waals surface area contributed by atoms with E-state index in [4.69, 9.17) is 5.73 Å². The minimum atomic E-state index is 0.523. The fourth-order valence-electron chi connectivity index (χ4n) is 3.37. The van der Waals surface area contributed by atoms with Crippen molar-refractivity contribution in [1.82, 2.24) is 14.9 Å². The third-order valence-electron chi connectivity index (χ3n) is 4.71. The van der Waals surface area contributed by atoms with Crippen LogP contribution in [0.3, 0.4) is 0 Å². The Kier molecular flexibility index (Phi) is 4.03. The zero-order valence-electron chi connectivity index (χ0n) is 12.2. The monoisotopic (exact) mass is 272 g/mol. The number of hydrogen-bond acceptors (Lipinski definition) is 3. The van der Waals surface area contributed by atoms with Gasteiger partial charge in [0.05, 0.1) is 0 Å². The molecule has 2 aromatic rings. The molecule has 1 aliphatic rings. The van der Waals surface area contributed by atoms with Crippen molar-refractivity contribution in [2.45, 2.75) is 38.8 Å². The summed E-state index contributed by atoms with van der Waals surface area (Å²) in [5.41, 5.74) is 8.31. The van der Waals surface area contributed by atoms with Gasteiger partial charge in [-0.05, 0) is 43.0 Å². The molecule has 3 N–H and O–H groups in total. The van der Waals surface area contributed by atoms with Crippen molar-refractivity contribution in [1.29, 1.82) is 0 Å². The van der Waals surface area contributed by atoms with Crippen LogP contribution < -0.4 is 5.73 Å². The lowest BCUT2D eigenvalue weighted by Gasteiger charge is -2.38. The van der Waals surface area contributed by atoms with Crippen LogP contribution in [0, 0.1) is 5.92 Å². The maximum Gasteiger partial charge on any atom is 0.137 e. The standard InChI is InChI=1S/C16H24N4/c1-2-12-5-7-20(14(8-12)9-17)11-13-10-19-16-15(13)4-3-6-18-16/h3-4,6,10,12,14H,2,5,7-9,11,17H2,1H3,(H,18,19). The van der Waals surface area contributed by atoms with E-state index in [9.17, 15) is 0 Å². The summed E-state index contributed by atoms with van der Waals surface area (Å²) in [7, 11) is 0. The summed E-state index contributed by atoms with van der Waals surface area (Å²) < 4.78 is 0. The number of piperidine rings is 1. The molecule has 2 atom stereocenters. The molecule has 0 bridgehead atoms. The Labute approximate surface area is 120 Å². The van der Waals surface area contributed by atoms with Gasteiger partial charge in [-0.3, -0.25) is 4.90 Å². The Morgan fingerprint density at radius 3 is 3.20 bits per heavy atom. The first kappa shape index (κ1) is 13.6. The van der Waals surface area contributed by atoms with Crippen LogP contribution in [0.25, 0.3) is 11.0 Å². The van der Waals surface area contributed by atoms with Gasteiger partial charge >= 0.3 is 0 Å². The molecule has 0 aliphatic carbocycles. The highest BCUT2D eigenvalue weighted by Gasteiger charge is 2.27. The second-order valence-corrected chi connectivity index (χ2v) is 5.87. The summed E-state index contributed by atoms with van der Waals surface area (Å²) in [4.78, 5) is 10.2. The number of nitrogens with two attached hydrogens (primary N) is 1. The van der Waals surface area contributed by atoms with Gasteiger partial charge in [0.2, 0.25) is 0 Å². The number of H-pyrrole nitrogens is 1. The second kappa shape index (κ2) is 5.94. The first-order valence-electron chi connectivity index (χ1n) is 7.67. The molecule has 108 valence electrons. The maximum atomic E-state index is 5.99. The van der Waals surface area contributed by atoms with Gasteiger partial charge in [-0.15, -0.1) is 0 Å². The van der Waals surface area contributed by atoms with Crippen molar-refractivity contribution in [3.63, 3.8) is 0 Å². The molecule has 1 aliphatic heterocycles. The fourth-order valence-corrected chi connectivity index (χ4v) is 3.37. The van der Waals surface area contributed by atoms with Gasteiger partial charge in [0.1, 0.15) is 5.65 Å². The van der Waals surface area contributed by atoms with Crippen LogP contribution >= 0.6 is 0 Å². The van der Waals surface area contributed by atoms with Gasteiger partial charge in [0, 0.05) is 36.9 Å². The van der Waals surface area contributed by atoms with Crippen molar-refractivity contribution in [3.8, 4) is 0 Å².